The van der Waals surface area contributed by atoms with Gasteiger partial charge in [0.25, 0.3) is 0 Å². The molecule has 106 valence electrons. The predicted octanol–water partition coefficient (Wildman–Crippen LogP) is 3.28. The normalized spacial score (nSPS) is 35.0. The van der Waals surface area contributed by atoms with E-state index >= 15 is 0 Å². The smallest absolute Gasteiger partial charge is 0.0223 e. The van der Waals surface area contributed by atoms with E-state index in [0.29, 0.717) is 0 Å². The van der Waals surface area contributed by atoms with E-state index in [1.165, 1.54) is 58.0 Å². The van der Waals surface area contributed by atoms with Crippen molar-refractivity contribution in [2.45, 2.75) is 70.9 Å². The molecular formula is C16H32N2. The number of hydrogen-bond acceptors (Lipinski definition) is 2. The number of hydrogen-bond donors (Lipinski definition) is 1. The van der Waals surface area contributed by atoms with Crippen LogP contribution in [0.5, 0.6) is 0 Å². The van der Waals surface area contributed by atoms with Crippen molar-refractivity contribution in [2.75, 3.05) is 20.1 Å². The minimum Gasteiger partial charge on any atom is -0.318 e. The molecular weight excluding hydrogens is 220 g/mol. The molecule has 1 aliphatic heterocycles. The Kier molecular flexibility index (Phi) is 5.50. The van der Waals surface area contributed by atoms with Gasteiger partial charge in [0.2, 0.25) is 0 Å². The van der Waals surface area contributed by atoms with Crippen molar-refractivity contribution in [3.05, 3.63) is 0 Å². The average Bonchev–Trinajstić information content (AvgIpc) is 2.40. The molecule has 2 rings (SSSR count). The van der Waals surface area contributed by atoms with Gasteiger partial charge >= 0.3 is 0 Å². The molecule has 0 bridgehead atoms. The third-order valence-corrected chi connectivity index (χ3v) is 5.27. The first-order chi connectivity index (χ1) is 8.72. The molecule has 1 unspecified atom stereocenters. The molecule has 0 radical (unpaired) electrons. The van der Waals surface area contributed by atoms with Crippen LogP contribution in [0.1, 0.15) is 58.8 Å². The summed E-state index contributed by atoms with van der Waals surface area (Å²) >= 11 is 0. The number of piperidine rings is 1. The van der Waals surface area contributed by atoms with Crippen molar-refractivity contribution in [1.82, 2.24) is 10.2 Å². The summed E-state index contributed by atoms with van der Waals surface area (Å²) < 4.78 is 0. The predicted molar refractivity (Wildman–Crippen MR) is 78.9 cm³/mol. The lowest BCUT2D eigenvalue weighted by atomic mass is 9.78. The minimum atomic E-state index is 0.810. The van der Waals surface area contributed by atoms with Crippen LogP contribution in [0, 0.1) is 11.8 Å². The number of nitrogens with one attached hydrogen (secondary N) is 1. The topological polar surface area (TPSA) is 15.3 Å². The fraction of sp³-hybridized carbons (Fsp3) is 1.00. The van der Waals surface area contributed by atoms with Gasteiger partial charge in [-0.05, 0) is 64.0 Å². The Morgan fingerprint density at radius 3 is 2.39 bits per heavy atom. The molecule has 0 aromatic carbocycles. The summed E-state index contributed by atoms with van der Waals surface area (Å²) in [6, 6.07) is 1.70. The van der Waals surface area contributed by atoms with Gasteiger partial charge in [0, 0.05) is 18.6 Å². The van der Waals surface area contributed by atoms with E-state index in [1.54, 1.807) is 0 Å². The summed E-state index contributed by atoms with van der Waals surface area (Å²) in [5.74, 6) is 1.88. The highest BCUT2D eigenvalue weighted by atomic mass is 15.2. The van der Waals surface area contributed by atoms with Crippen molar-refractivity contribution < 1.29 is 0 Å². The quantitative estimate of drug-likeness (QED) is 0.826. The van der Waals surface area contributed by atoms with Crippen LogP contribution in [0.4, 0.5) is 0 Å². The second-order valence-corrected chi connectivity index (χ2v) is 6.76. The van der Waals surface area contributed by atoms with Crippen LogP contribution in [0.3, 0.4) is 0 Å². The number of likely N-dealkylation sites (N-methyl/N-ethyl adjacent to an activating group) is 1. The molecule has 0 spiro atoms. The largest absolute Gasteiger partial charge is 0.318 e. The van der Waals surface area contributed by atoms with Gasteiger partial charge in [0.15, 0.2) is 0 Å². The molecule has 2 nitrogen and oxygen atoms in total. The molecule has 0 amide bonds. The lowest BCUT2D eigenvalue weighted by molar-refractivity contribution is 0.0577. The van der Waals surface area contributed by atoms with Crippen molar-refractivity contribution in [3.63, 3.8) is 0 Å². The van der Waals surface area contributed by atoms with E-state index in [1.807, 2.05) is 0 Å². The van der Waals surface area contributed by atoms with Crippen molar-refractivity contribution >= 4 is 0 Å². The third kappa shape index (κ3) is 3.48. The maximum Gasteiger partial charge on any atom is 0.0223 e. The molecule has 2 heteroatoms. The first kappa shape index (κ1) is 14.3. The summed E-state index contributed by atoms with van der Waals surface area (Å²) in [5, 5.41) is 3.39. The molecule has 1 aliphatic carbocycles. The molecule has 2 fully saturated rings. The molecule has 0 aromatic heterocycles. The monoisotopic (exact) mass is 252 g/mol. The minimum absolute atomic E-state index is 0.810. The lowest BCUT2D eigenvalue weighted by Crippen LogP contribution is -2.51. The Bertz CT molecular complexity index is 229. The van der Waals surface area contributed by atoms with Crippen LogP contribution < -0.4 is 5.32 Å². The van der Waals surface area contributed by atoms with Gasteiger partial charge in [-0.1, -0.05) is 20.3 Å². The van der Waals surface area contributed by atoms with Crippen LogP contribution >= 0.6 is 0 Å². The summed E-state index contributed by atoms with van der Waals surface area (Å²) in [4.78, 5) is 2.84. The number of likely N-dealkylation sites (tertiary alicyclic amines) is 1. The van der Waals surface area contributed by atoms with Gasteiger partial charge in [-0.25, -0.2) is 0 Å². The Hall–Kier alpha value is -0.0800. The Labute approximate surface area is 114 Å². The van der Waals surface area contributed by atoms with Crippen LogP contribution in [-0.4, -0.2) is 37.1 Å². The molecule has 1 atom stereocenters. The zero-order chi connectivity index (χ0) is 13.0. The maximum absolute atomic E-state index is 3.39. The van der Waals surface area contributed by atoms with E-state index in [9.17, 15) is 0 Å². The fourth-order valence-electron chi connectivity index (χ4n) is 4.06. The van der Waals surface area contributed by atoms with Gasteiger partial charge in [0.05, 0.1) is 0 Å². The molecule has 1 saturated heterocycles. The third-order valence-electron chi connectivity index (χ3n) is 5.27. The standard InChI is InChI=1S/C16H32N2/c1-13(2)14-7-9-15(10-8-14)18-11-5-4-6-16(18)12-17-3/h13-17H,4-12H2,1-3H3. The first-order valence-electron chi connectivity index (χ1n) is 8.12. The number of rotatable bonds is 4. The molecule has 1 heterocycles. The highest BCUT2D eigenvalue weighted by molar-refractivity contribution is 4.87. The first-order valence-corrected chi connectivity index (χ1v) is 8.12. The van der Waals surface area contributed by atoms with E-state index in [2.05, 4.69) is 31.1 Å². The van der Waals surface area contributed by atoms with Crippen LogP contribution in [0.2, 0.25) is 0 Å². The zero-order valence-corrected chi connectivity index (χ0v) is 12.6. The average molecular weight is 252 g/mol. The van der Waals surface area contributed by atoms with Gasteiger partial charge in [0.1, 0.15) is 0 Å². The Morgan fingerprint density at radius 2 is 1.78 bits per heavy atom. The molecule has 0 aromatic rings. The Morgan fingerprint density at radius 1 is 1.06 bits per heavy atom. The van der Waals surface area contributed by atoms with Gasteiger partial charge in [-0.2, -0.15) is 0 Å². The van der Waals surface area contributed by atoms with E-state index < -0.39 is 0 Å². The van der Waals surface area contributed by atoms with Gasteiger partial charge in [-0.3, -0.25) is 4.90 Å². The second kappa shape index (κ2) is 6.91. The lowest BCUT2D eigenvalue weighted by Gasteiger charge is -2.44. The van der Waals surface area contributed by atoms with Crippen LogP contribution in [-0.2, 0) is 0 Å². The maximum atomic E-state index is 3.39. The van der Waals surface area contributed by atoms with Crippen molar-refractivity contribution in [2.24, 2.45) is 11.8 Å². The molecule has 1 saturated carbocycles. The van der Waals surface area contributed by atoms with Crippen LogP contribution in [0.15, 0.2) is 0 Å². The van der Waals surface area contributed by atoms with Crippen LogP contribution in [0.25, 0.3) is 0 Å². The summed E-state index contributed by atoms with van der Waals surface area (Å²) in [7, 11) is 2.10. The molecule has 2 aliphatic rings. The second-order valence-electron chi connectivity index (χ2n) is 6.76. The molecule has 18 heavy (non-hydrogen) atoms. The van der Waals surface area contributed by atoms with E-state index in [-0.39, 0.29) is 0 Å². The van der Waals surface area contributed by atoms with Gasteiger partial charge < -0.3 is 5.32 Å². The SMILES string of the molecule is CNCC1CCCCN1C1CCC(C(C)C)CC1. The number of nitrogens with zero attached hydrogens (tertiary/aromatic N) is 1. The Balaban J connectivity index is 1.86. The zero-order valence-electron chi connectivity index (χ0n) is 12.6. The van der Waals surface area contributed by atoms with Crippen molar-refractivity contribution in [1.29, 1.82) is 0 Å². The highest BCUT2D eigenvalue weighted by Crippen LogP contribution is 2.34. The van der Waals surface area contributed by atoms with E-state index in [4.69, 9.17) is 0 Å². The summed E-state index contributed by atoms with van der Waals surface area (Å²) in [5.41, 5.74) is 0. The van der Waals surface area contributed by atoms with Gasteiger partial charge in [-0.15, -0.1) is 0 Å². The summed E-state index contributed by atoms with van der Waals surface area (Å²) in [6.07, 6.45) is 10.1. The van der Waals surface area contributed by atoms with Crippen molar-refractivity contribution in [3.8, 4) is 0 Å². The highest BCUT2D eigenvalue weighted by Gasteiger charge is 2.32. The summed E-state index contributed by atoms with van der Waals surface area (Å²) in [6.45, 7) is 7.33. The van der Waals surface area contributed by atoms with E-state index in [0.717, 1.165) is 23.9 Å². The fourth-order valence-corrected chi connectivity index (χ4v) is 4.06. The molecule has 1 N–H and O–H groups in total.